The summed E-state index contributed by atoms with van der Waals surface area (Å²) in [6.45, 7) is 7.02. The van der Waals surface area contributed by atoms with Crippen molar-refractivity contribution >= 4 is 17.4 Å². The van der Waals surface area contributed by atoms with Crippen molar-refractivity contribution in [3.63, 3.8) is 0 Å². The van der Waals surface area contributed by atoms with Gasteiger partial charge in [0.05, 0.1) is 11.4 Å². The fourth-order valence-corrected chi connectivity index (χ4v) is 1.59. The highest BCUT2D eigenvalue weighted by Gasteiger charge is 2.02. The van der Waals surface area contributed by atoms with Gasteiger partial charge in [0.2, 0.25) is 0 Å². The summed E-state index contributed by atoms with van der Waals surface area (Å²) in [4.78, 5) is 8.67. The lowest BCUT2D eigenvalue weighted by atomic mass is 10.1. The molecule has 0 fully saturated rings. The molecule has 0 amide bonds. The van der Waals surface area contributed by atoms with E-state index < -0.39 is 0 Å². The third-order valence-electron chi connectivity index (χ3n) is 2.51. The number of aromatic nitrogens is 2. The van der Waals surface area contributed by atoms with E-state index >= 15 is 0 Å². The van der Waals surface area contributed by atoms with Gasteiger partial charge in [-0.25, -0.2) is 4.98 Å². The quantitative estimate of drug-likeness (QED) is 0.614. The van der Waals surface area contributed by atoms with Gasteiger partial charge in [0.25, 0.3) is 0 Å². The minimum atomic E-state index is 0.591. The topological polar surface area (TPSA) is 37.8 Å². The molecular formula is C12H20ClN3. The van der Waals surface area contributed by atoms with Crippen LogP contribution in [0.2, 0.25) is 0 Å². The molecule has 4 heteroatoms. The average molecular weight is 242 g/mol. The Morgan fingerprint density at radius 1 is 1.44 bits per heavy atom. The third kappa shape index (κ3) is 4.35. The summed E-state index contributed by atoms with van der Waals surface area (Å²) in [5.74, 6) is 2.23. The summed E-state index contributed by atoms with van der Waals surface area (Å²) in [6.07, 6.45) is 4.05. The smallest absolute Gasteiger partial charge is 0.147 e. The Labute approximate surface area is 103 Å². The Kier molecular flexibility index (Phi) is 5.53. The zero-order valence-corrected chi connectivity index (χ0v) is 11.0. The van der Waals surface area contributed by atoms with Crippen molar-refractivity contribution in [2.45, 2.75) is 33.6 Å². The van der Waals surface area contributed by atoms with Crippen LogP contribution in [0.3, 0.4) is 0 Å². The van der Waals surface area contributed by atoms with Crippen molar-refractivity contribution in [3.05, 3.63) is 17.6 Å². The number of halogens is 1. The van der Waals surface area contributed by atoms with Crippen LogP contribution in [0.15, 0.2) is 6.20 Å². The van der Waals surface area contributed by atoms with E-state index in [4.69, 9.17) is 11.6 Å². The molecule has 1 unspecified atom stereocenters. The number of hydrogen-bond donors (Lipinski definition) is 1. The van der Waals surface area contributed by atoms with E-state index in [1.165, 1.54) is 0 Å². The summed E-state index contributed by atoms with van der Waals surface area (Å²) < 4.78 is 0. The fourth-order valence-electron chi connectivity index (χ4n) is 1.44. The molecule has 1 aromatic rings. The van der Waals surface area contributed by atoms with Gasteiger partial charge in [-0.2, -0.15) is 0 Å². The number of anilines is 1. The summed E-state index contributed by atoms with van der Waals surface area (Å²) in [5, 5.41) is 3.32. The summed E-state index contributed by atoms with van der Waals surface area (Å²) >= 11 is 5.75. The zero-order valence-electron chi connectivity index (χ0n) is 10.3. The van der Waals surface area contributed by atoms with Gasteiger partial charge in [-0.3, -0.25) is 4.98 Å². The molecule has 90 valence electrons. The molecule has 0 spiro atoms. The number of alkyl halides is 1. The molecule has 1 heterocycles. The van der Waals surface area contributed by atoms with Gasteiger partial charge in [-0.05, 0) is 32.6 Å². The predicted octanol–water partition coefficient (Wildman–Crippen LogP) is 3.16. The van der Waals surface area contributed by atoms with Crippen molar-refractivity contribution < 1.29 is 0 Å². The van der Waals surface area contributed by atoms with Crippen LogP contribution in [-0.4, -0.2) is 22.4 Å². The molecule has 1 atom stereocenters. The highest BCUT2D eigenvalue weighted by Crippen LogP contribution is 2.10. The van der Waals surface area contributed by atoms with Gasteiger partial charge in [-0.15, -0.1) is 11.6 Å². The molecule has 0 saturated carbocycles. The van der Waals surface area contributed by atoms with Crippen molar-refractivity contribution in [2.24, 2.45) is 5.92 Å². The second-order valence-corrected chi connectivity index (χ2v) is 4.58. The molecule has 3 nitrogen and oxygen atoms in total. The lowest BCUT2D eigenvalue weighted by Crippen LogP contribution is -2.08. The zero-order chi connectivity index (χ0) is 12.0. The van der Waals surface area contributed by atoms with Crippen LogP contribution in [0.25, 0.3) is 0 Å². The minimum Gasteiger partial charge on any atom is -0.369 e. The van der Waals surface area contributed by atoms with E-state index in [0.717, 1.165) is 42.5 Å². The molecule has 0 bridgehead atoms. The van der Waals surface area contributed by atoms with Crippen molar-refractivity contribution in [2.75, 3.05) is 17.7 Å². The van der Waals surface area contributed by atoms with E-state index in [9.17, 15) is 0 Å². The van der Waals surface area contributed by atoms with E-state index in [2.05, 4.69) is 22.2 Å². The van der Waals surface area contributed by atoms with Crippen molar-refractivity contribution in [3.8, 4) is 0 Å². The van der Waals surface area contributed by atoms with Gasteiger partial charge in [-0.1, -0.05) is 6.92 Å². The molecule has 0 aliphatic rings. The van der Waals surface area contributed by atoms with Crippen LogP contribution in [0.5, 0.6) is 0 Å². The minimum absolute atomic E-state index is 0.591. The molecule has 1 rings (SSSR count). The van der Waals surface area contributed by atoms with Crippen LogP contribution in [0.1, 0.15) is 31.2 Å². The first kappa shape index (κ1) is 13.2. The van der Waals surface area contributed by atoms with Crippen LogP contribution < -0.4 is 5.32 Å². The first-order valence-electron chi connectivity index (χ1n) is 5.73. The highest BCUT2D eigenvalue weighted by atomic mass is 35.5. The van der Waals surface area contributed by atoms with Crippen LogP contribution in [-0.2, 0) is 0 Å². The summed E-state index contributed by atoms with van der Waals surface area (Å²) in [5.41, 5.74) is 1.90. The van der Waals surface area contributed by atoms with Crippen molar-refractivity contribution in [1.82, 2.24) is 9.97 Å². The SMILES string of the molecule is Cc1cnc(C)c(NCCCC(C)CCl)n1. The van der Waals surface area contributed by atoms with Crippen LogP contribution in [0.4, 0.5) is 5.82 Å². The number of nitrogens with zero attached hydrogens (tertiary/aromatic N) is 2. The largest absolute Gasteiger partial charge is 0.369 e. The average Bonchev–Trinajstić information content (AvgIpc) is 2.28. The maximum absolute atomic E-state index is 5.75. The van der Waals surface area contributed by atoms with Gasteiger partial charge < -0.3 is 5.32 Å². The standard InChI is InChI=1S/C12H20ClN3/c1-9(7-13)5-4-6-14-12-11(3)15-8-10(2)16-12/h8-9H,4-7H2,1-3H3,(H,14,16). The van der Waals surface area contributed by atoms with Crippen LogP contribution >= 0.6 is 11.6 Å². The van der Waals surface area contributed by atoms with E-state index in [-0.39, 0.29) is 0 Å². The van der Waals surface area contributed by atoms with E-state index in [1.807, 2.05) is 13.8 Å². The summed E-state index contributed by atoms with van der Waals surface area (Å²) in [7, 11) is 0. The maximum Gasteiger partial charge on any atom is 0.147 e. The molecule has 0 aliphatic heterocycles. The Balaban J connectivity index is 2.34. The predicted molar refractivity (Wildman–Crippen MR) is 69.1 cm³/mol. The lowest BCUT2D eigenvalue weighted by Gasteiger charge is -2.10. The first-order chi connectivity index (χ1) is 7.63. The number of rotatable bonds is 6. The highest BCUT2D eigenvalue weighted by molar-refractivity contribution is 6.18. The fraction of sp³-hybridized carbons (Fsp3) is 0.667. The molecule has 1 aromatic heterocycles. The van der Waals surface area contributed by atoms with Gasteiger partial charge in [0, 0.05) is 18.6 Å². The molecular weight excluding hydrogens is 222 g/mol. The monoisotopic (exact) mass is 241 g/mol. The third-order valence-corrected chi connectivity index (χ3v) is 3.03. The second-order valence-electron chi connectivity index (χ2n) is 4.27. The molecule has 0 saturated heterocycles. The van der Waals surface area contributed by atoms with E-state index in [0.29, 0.717) is 5.92 Å². The molecule has 1 N–H and O–H groups in total. The number of hydrogen-bond acceptors (Lipinski definition) is 3. The van der Waals surface area contributed by atoms with Gasteiger partial charge >= 0.3 is 0 Å². The lowest BCUT2D eigenvalue weighted by molar-refractivity contribution is 0.572. The van der Waals surface area contributed by atoms with Crippen molar-refractivity contribution in [1.29, 1.82) is 0 Å². The molecule has 0 radical (unpaired) electrons. The Morgan fingerprint density at radius 3 is 2.88 bits per heavy atom. The molecule has 0 aliphatic carbocycles. The summed E-state index contributed by atoms with van der Waals surface area (Å²) in [6, 6.07) is 0. The Morgan fingerprint density at radius 2 is 2.19 bits per heavy atom. The first-order valence-corrected chi connectivity index (χ1v) is 6.27. The van der Waals surface area contributed by atoms with Crippen LogP contribution in [0, 0.1) is 19.8 Å². The van der Waals surface area contributed by atoms with Gasteiger partial charge in [0.1, 0.15) is 5.82 Å². The normalized spacial score (nSPS) is 12.5. The van der Waals surface area contributed by atoms with E-state index in [1.54, 1.807) is 6.20 Å². The number of aryl methyl sites for hydroxylation is 2. The maximum atomic E-state index is 5.75. The number of nitrogens with one attached hydrogen (secondary N) is 1. The molecule has 0 aromatic carbocycles. The Hall–Kier alpha value is -0.830. The Bertz CT molecular complexity index is 328. The second kappa shape index (κ2) is 6.69. The van der Waals surface area contributed by atoms with Gasteiger partial charge in [0.15, 0.2) is 0 Å². The molecule has 16 heavy (non-hydrogen) atoms.